The quantitative estimate of drug-likeness (QED) is 0.596. The van der Waals surface area contributed by atoms with E-state index < -0.39 is 17.6 Å². The molecule has 0 aromatic carbocycles. The number of halogens is 4. The minimum Gasteiger partial charge on any atom is -0.327 e. The lowest BCUT2D eigenvalue weighted by Crippen LogP contribution is -2.27. The summed E-state index contributed by atoms with van der Waals surface area (Å²) in [5.74, 6) is 0. The summed E-state index contributed by atoms with van der Waals surface area (Å²) in [7, 11) is 0. The second kappa shape index (κ2) is 2.27. The smallest absolute Gasteiger partial charge is 0.327 e. The molecule has 0 aliphatic heterocycles. The average Bonchev–Trinajstić information content (AvgIpc) is 2.13. The number of hydrogen-bond acceptors (Lipinski definition) is 1. The van der Waals surface area contributed by atoms with Crippen LogP contribution in [0.1, 0.15) is 13.3 Å². The van der Waals surface area contributed by atoms with Gasteiger partial charge in [-0.15, -0.1) is 12.4 Å². The van der Waals surface area contributed by atoms with Crippen LogP contribution in [0, 0.1) is 5.41 Å². The molecule has 0 bridgehead atoms. The van der Waals surface area contributed by atoms with Crippen molar-refractivity contribution in [2.75, 3.05) is 0 Å². The first-order valence-electron chi connectivity index (χ1n) is 2.70. The first-order chi connectivity index (χ1) is 3.88. The van der Waals surface area contributed by atoms with Crippen molar-refractivity contribution in [1.82, 2.24) is 0 Å². The Hall–Kier alpha value is 0.0400. The zero-order valence-corrected chi connectivity index (χ0v) is 6.22. The van der Waals surface area contributed by atoms with Crippen molar-refractivity contribution in [2.45, 2.75) is 25.6 Å². The summed E-state index contributed by atoms with van der Waals surface area (Å²) >= 11 is 0. The fourth-order valence-corrected chi connectivity index (χ4v) is 0.724. The molecule has 1 saturated carbocycles. The van der Waals surface area contributed by atoms with Gasteiger partial charge in [0.25, 0.3) is 0 Å². The average molecular weight is 176 g/mol. The van der Waals surface area contributed by atoms with Crippen molar-refractivity contribution >= 4 is 12.4 Å². The highest BCUT2D eigenvalue weighted by molar-refractivity contribution is 5.85. The molecule has 1 rings (SSSR count). The summed E-state index contributed by atoms with van der Waals surface area (Å²) < 4.78 is 35.4. The van der Waals surface area contributed by atoms with Gasteiger partial charge < -0.3 is 5.73 Å². The number of rotatable bonds is 0. The molecular formula is C5H9ClF3N. The molecule has 62 valence electrons. The van der Waals surface area contributed by atoms with E-state index in [0.29, 0.717) is 0 Å². The van der Waals surface area contributed by atoms with E-state index in [1.54, 1.807) is 0 Å². The Kier molecular flexibility index (Phi) is 2.28. The minimum atomic E-state index is -4.10. The van der Waals surface area contributed by atoms with E-state index in [9.17, 15) is 13.2 Å². The Balaban J connectivity index is 0.000000810. The van der Waals surface area contributed by atoms with E-state index in [2.05, 4.69) is 0 Å². The molecule has 1 aliphatic rings. The first-order valence-corrected chi connectivity index (χ1v) is 2.70. The van der Waals surface area contributed by atoms with E-state index >= 15 is 0 Å². The molecule has 10 heavy (non-hydrogen) atoms. The lowest BCUT2D eigenvalue weighted by molar-refractivity contribution is -0.182. The molecule has 0 aromatic heterocycles. The Bertz CT molecular complexity index is 135. The van der Waals surface area contributed by atoms with E-state index in [1.807, 2.05) is 0 Å². The second-order valence-electron chi connectivity index (χ2n) is 2.73. The fraction of sp³-hybridized carbons (Fsp3) is 1.00. The molecule has 2 N–H and O–H groups in total. The predicted octanol–water partition coefficient (Wildman–Crippen LogP) is 1.71. The van der Waals surface area contributed by atoms with Gasteiger partial charge in [-0.3, -0.25) is 0 Å². The lowest BCUT2D eigenvalue weighted by Gasteiger charge is -2.13. The highest BCUT2D eigenvalue weighted by Crippen LogP contribution is 2.55. The van der Waals surface area contributed by atoms with Gasteiger partial charge in [0.2, 0.25) is 0 Å². The fourth-order valence-electron chi connectivity index (χ4n) is 0.724. The Morgan fingerprint density at radius 2 is 1.80 bits per heavy atom. The van der Waals surface area contributed by atoms with Crippen LogP contribution in [-0.2, 0) is 0 Å². The van der Waals surface area contributed by atoms with E-state index in [0.717, 1.165) is 6.92 Å². The van der Waals surface area contributed by atoms with Crippen LogP contribution in [0.5, 0.6) is 0 Å². The van der Waals surface area contributed by atoms with Gasteiger partial charge in [-0.25, -0.2) is 0 Å². The molecule has 0 unspecified atom stereocenters. The van der Waals surface area contributed by atoms with Crippen molar-refractivity contribution in [3.05, 3.63) is 0 Å². The topological polar surface area (TPSA) is 26.0 Å². The maximum Gasteiger partial charge on any atom is 0.395 e. The maximum atomic E-state index is 11.8. The van der Waals surface area contributed by atoms with Gasteiger partial charge in [0.05, 0.1) is 5.41 Å². The van der Waals surface area contributed by atoms with Crippen LogP contribution >= 0.6 is 12.4 Å². The van der Waals surface area contributed by atoms with Crippen molar-refractivity contribution in [2.24, 2.45) is 11.1 Å². The summed E-state index contributed by atoms with van der Waals surface area (Å²) in [6.07, 6.45) is -4.02. The van der Waals surface area contributed by atoms with E-state index in [1.165, 1.54) is 0 Å². The summed E-state index contributed by atoms with van der Waals surface area (Å²) in [5.41, 5.74) is 3.49. The van der Waals surface area contributed by atoms with Gasteiger partial charge in [0.15, 0.2) is 0 Å². The SMILES string of the molecule is C[C@@]1(C(F)(F)F)C[C@H]1N.Cl. The first kappa shape index (κ1) is 10.0. The highest BCUT2D eigenvalue weighted by Gasteiger charge is 2.65. The van der Waals surface area contributed by atoms with Gasteiger partial charge in [-0.05, 0) is 13.3 Å². The van der Waals surface area contributed by atoms with Crippen LogP contribution in [0.25, 0.3) is 0 Å². The summed E-state index contributed by atoms with van der Waals surface area (Å²) in [4.78, 5) is 0. The molecule has 1 fully saturated rings. The molecule has 2 atom stereocenters. The third kappa shape index (κ3) is 1.22. The normalized spacial score (nSPS) is 38.7. The number of hydrogen-bond donors (Lipinski definition) is 1. The van der Waals surface area contributed by atoms with Gasteiger partial charge in [0.1, 0.15) is 0 Å². The number of nitrogens with two attached hydrogens (primary N) is 1. The molecule has 1 nitrogen and oxygen atoms in total. The monoisotopic (exact) mass is 175 g/mol. The van der Waals surface area contributed by atoms with Crippen LogP contribution in [0.2, 0.25) is 0 Å². The molecular weight excluding hydrogens is 167 g/mol. The molecule has 0 aromatic rings. The van der Waals surface area contributed by atoms with Gasteiger partial charge >= 0.3 is 6.18 Å². The molecule has 5 heteroatoms. The number of alkyl halides is 3. The molecule has 0 spiro atoms. The zero-order valence-electron chi connectivity index (χ0n) is 5.40. The summed E-state index contributed by atoms with van der Waals surface area (Å²) in [6.45, 7) is 1.15. The predicted molar refractivity (Wildman–Crippen MR) is 34.0 cm³/mol. The molecule has 0 amide bonds. The molecule has 1 aliphatic carbocycles. The Labute approximate surface area is 63.2 Å². The third-order valence-corrected chi connectivity index (χ3v) is 1.95. The second-order valence-corrected chi connectivity index (χ2v) is 2.73. The molecule has 0 radical (unpaired) electrons. The van der Waals surface area contributed by atoms with Crippen molar-refractivity contribution in [3.63, 3.8) is 0 Å². The van der Waals surface area contributed by atoms with Gasteiger partial charge in [0, 0.05) is 6.04 Å². The van der Waals surface area contributed by atoms with E-state index in [4.69, 9.17) is 5.73 Å². The largest absolute Gasteiger partial charge is 0.395 e. The molecule has 0 saturated heterocycles. The Morgan fingerprint density at radius 3 is 1.80 bits per heavy atom. The van der Waals surface area contributed by atoms with Gasteiger partial charge in [-0.2, -0.15) is 13.2 Å². The van der Waals surface area contributed by atoms with Crippen LogP contribution in [-0.4, -0.2) is 12.2 Å². The molecule has 0 heterocycles. The van der Waals surface area contributed by atoms with Crippen LogP contribution < -0.4 is 5.73 Å². The van der Waals surface area contributed by atoms with Crippen molar-refractivity contribution in [1.29, 1.82) is 0 Å². The van der Waals surface area contributed by atoms with Crippen LogP contribution in [0.3, 0.4) is 0 Å². The summed E-state index contributed by atoms with van der Waals surface area (Å²) in [5, 5.41) is 0. The van der Waals surface area contributed by atoms with E-state index in [-0.39, 0.29) is 18.8 Å². The Morgan fingerprint density at radius 1 is 1.50 bits per heavy atom. The third-order valence-electron chi connectivity index (χ3n) is 1.95. The lowest BCUT2D eigenvalue weighted by atomic mass is 10.1. The van der Waals surface area contributed by atoms with Crippen LogP contribution in [0.15, 0.2) is 0 Å². The highest BCUT2D eigenvalue weighted by atomic mass is 35.5. The van der Waals surface area contributed by atoms with Crippen LogP contribution in [0.4, 0.5) is 13.2 Å². The standard InChI is InChI=1S/C5H8F3N.ClH/c1-4(2-3(4)9)5(6,7)8;/h3H,2,9H2,1H3;1H/t3-,4-;/m1./s1. The van der Waals surface area contributed by atoms with Crippen molar-refractivity contribution in [3.8, 4) is 0 Å². The summed E-state index contributed by atoms with van der Waals surface area (Å²) in [6, 6.07) is -0.669. The zero-order chi connectivity index (χ0) is 7.28. The minimum absolute atomic E-state index is 0. The van der Waals surface area contributed by atoms with Gasteiger partial charge in [-0.1, -0.05) is 0 Å². The maximum absolute atomic E-state index is 11.8. The van der Waals surface area contributed by atoms with Crippen molar-refractivity contribution < 1.29 is 13.2 Å².